The van der Waals surface area contributed by atoms with Gasteiger partial charge in [-0.25, -0.2) is 9.13 Å². The molecule has 0 saturated carbocycles. The van der Waals surface area contributed by atoms with Gasteiger partial charge < -0.3 is 0 Å². The summed E-state index contributed by atoms with van der Waals surface area (Å²) in [4.78, 5) is 65.1. The smallest absolute Gasteiger partial charge is 0.266 e. The molecule has 8 rings (SSSR count). The Hall–Kier alpha value is -5.69. The maximum Gasteiger partial charge on any atom is 0.266 e. The van der Waals surface area contributed by atoms with Crippen LogP contribution in [0.3, 0.4) is 0 Å². The predicted molar refractivity (Wildman–Crippen MR) is 157 cm³/mol. The molecule has 0 spiro atoms. The van der Waals surface area contributed by atoms with E-state index in [1.165, 1.54) is 36.4 Å². The molecule has 0 amide bonds. The van der Waals surface area contributed by atoms with E-state index in [2.05, 4.69) is 6.07 Å². The molecule has 0 aliphatic carbocycles. The molecule has 188 valence electrons. The lowest BCUT2D eigenvalue weighted by Crippen LogP contribution is -2.24. The second-order valence-electron chi connectivity index (χ2n) is 9.98. The molecule has 7 nitrogen and oxygen atoms in total. The highest BCUT2D eigenvalue weighted by molar-refractivity contribution is 6.24. The average Bonchev–Trinajstić information content (AvgIpc) is 3.38. The number of aromatic nitrogens is 2. The van der Waals surface area contributed by atoms with Gasteiger partial charge in [-0.3, -0.25) is 24.0 Å². The van der Waals surface area contributed by atoms with Crippen molar-refractivity contribution in [1.29, 1.82) is 0 Å². The summed E-state index contributed by atoms with van der Waals surface area (Å²) in [7, 11) is 0. The Kier molecular flexibility index (Phi) is 4.28. The largest absolute Gasteiger partial charge is 0.298 e. The van der Waals surface area contributed by atoms with Gasteiger partial charge in [-0.1, -0.05) is 48.5 Å². The molecule has 6 aromatic carbocycles. The zero-order valence-corrected chi connectivity index (χ0v) is 20.7. The van der Waals surface area contributed by atoms with E-state index in [-0.39, 0.29) is 21.5 Å². The van der Waals surface area contributed by atoms with Gasteiger partial charge in [0, 0.05) is 10.9 Å². The topological polar surface area (TPSA) is 95.2 Å². The Morgan fingerprint density at radius 3 is 1.55 bits per heavy atom. The number of aldehydes is 1. The van der Waals surface area contributed by atoms with Crippen molar-refractivity contribution in [3.63, 3.8) is 0 Å². The standard InChI is InChI=1S/C33H16N2O5/c36-16-17-4-10-21(11-5-17)34-30(37)23-14-25-26(15-24(23)31(34)38)33(40)35(32(25)39)27-13-9-20-7-6-18-2-1-3-19-8-12-22(27)29(20)28(18)19/h1-16H. The maximum absolute atomic E-state index is 13.7. The monoisotopic (exact) mass is 520 g/mol. The summed E-state index contributed by atoms with van der Waals surface area (Å²) in [5.41, 5.74) is -1.14. The molecule has 0 aliphatic rings. The Labute approximate surface area is 223 Å². The second kappa shape index (κ2) is 7.68. The number of benzene rings is 6. The first kappa shape index (κ1) is 22.3. The van der Waals surface area contributed by atoms with Crippen LogP contribution in [0.5, 0.6) is 0 Å². The van der Waals surface area contributed by atoms with Crippen molar-refractivity contribution in [2.75, 3.05) is 0 Å². The molecule has 40 heavy (non-hydrogen) atoms. The summed E-state index contributed by atoms with van der Waals surface area (Å²) in [6, 6.07) is 26.4. The van der Waals surface area contributed by atoms with Gasteiger partial charge in [0.1, 0.15) is 6.29 Å². The van der Waals surface area contributed by atoms with Crippen LogP contribution < -0.4 is 22.2 Å². The molecule has 0 radical (unpaired) electrons. The van der Waals surface area contributed by atoms with Crippen LogP contribution in [0.4, 0.5) is 0 Å². The molecular formula is C33H16N2O5. The van der Waals surface area contributed by atoms with E-state index in [1.807, 2.05) is 42.5 Å². The van der Waals surface area contributed by atoms with Crippen LogP contribution in [0.25, 0.3) is 65.2 Å². The van der Waals surface area contributed by atoms with Crippen LogP contribution in [0.2, 0.25) is 0 Å². The normalized spacial score (nSPS) is 12.0. The lowest BCUT2D eigenvalue weighted by atomic mass is 9.93. The molecule has 0 atom stereocenters. The van der Waals surface area contributed by atoms with Crippen molar-refractivity contribution in [2.45, 2.75) is 0 Å². The van der Waals surface area contributed by atoms with Crippen LogP contribution in [-0.2, 0) is 0 Å². The van der Waals surface area contributed by atoms with Crippen LogP contribution in [0, 0.1) is 0 Å². The van der Waals surface area contributed by atoms with Gasteiger partial charge in [-0.05, 0) is 69.4 Å². The number of nitrogens with zero attached hydrogens (tertiary/aromatic N) is 2. The third-order valence-corrected chi connectivity index (χ3v) is 7.93. The van der Waals surface area contributed by atoms with Gasteiger partial charge in [0.2, 0.25) is 0 Å². The first-order valence-corrected chi connectivity index (χ1v) is 12.6. The van der Waals surface area contributed by atoms with Gasteiger partial charge in [0.25, 0.3) is 22.2 Å². The molecule has 0 N–H and O–H groups in total. The number of hydrogen-bond donors (Lipinski definition) is 0. The fraction of sp³-hybridized carbons (Fsp3) is 0. The number of carbonyl (C=O) groups excluding carboxylic acids is 1. The van der Waals surface area contributed by atoms with E-state index < -0.39 is 22.2 Å². The summed E-state index contributed by atoms with van der Waals surface area (Å²) in [5.74, 6) is 0. The van der Waals surface area contributed by atoms with E-state index in [4.69, 9.17) is 0 Å². The van der Waals surface area contributed by atoms with Crippen molar-refractivity contribution < 1.29 is 4.79 Å². The molecular weight excluding hydrogens is 504 g/mol. The Balaban J connectivity index is 1.42. The molecule has 0 unspecified atom stereocenters. The van der Waals surface area contributed by atoms with Gasteiger partial charge in [0.05, 0.1) is 32.9 Å². The van der Waals surface area contributed by atoms with Gasteiger partial charge in [-0.15, -0.1) is 0 Å². The molecule has 2 heterocycles. The molecule has 0 aliphatic heterocycles. The van der Waals surface area contributed by atoms with E-state index >= 15 is 0 Å². The Morgan fingerprint density at radius 1 is 0.475 bits per heavy atom. The average molecular weight is 521 g/mol. The zero-order chi connectivity index (χ0) is 27.3. The summed E-state index contributed by atoms with van der Waals surface area (Å²) in [6.45, 7) is 0. The molecule has 8 aromatic rings. The molecule has 7 heteroatoms. The van der Waals surface area contributed by atoms with Crippen molar-refractivity contribution >= 4 is 60.1 Å². The molecule has 0 bridgehead atoms. The summed E-state index contributed by atoms with van der Waals surface area (Å²) < 4.78 is 2.12. The third kappa shape index (κ3) is 2.75. The quantitative estimate of drug-likeness (QED) is 0.251. The van der Waals surface area contributed by atoms with Crippen LogP contribution in [0.1, 0.15) is 10.4 Å². The first-order chi connectivity index (χ1) is 19.5. The molecule has 0 fully saturated rings. The van der Waals surface area contributed by atoms with Crippen molar-refractivity contribution in [1.82, 2.24) is 9.13 Å². The van der Waals surface area contributed by atoms with Crippen LogP contribution in [0.15, 0.2) is 110 Å². The van der Waals surface area contributed by atoms with E-state index in [1.54, 1.807) is 6.07 Å². The number of hydrogen-bond acceptors (Lipinski definition) is 5. The Bertz CT molecular complexity index is 2490. The number of rotatable bonds is 3. The van der Waals surface area contributed by atoms with E-state index in [0.29, 0.717) is 23.2 Å². The maximum atomic E-state index is 13.7. The van der Waals surface area contributed by atoms with E-state index in [9.17, 15) is 24.0 Å². The minimum atomic E-state index is -0.594. The second-order valence-corrected chi connectivity index (χ2v) is 9.98. The minimum Gasteiger partial charge on any atom is -0.298 e. The van der Waals surface area contributed by atoms with Crippen LogP contribution >= 0.6 is 0 Å². The van der Waals surface area contributed by atoms with Crippen molar-refractivity contribution in [3.8, 4) is 11.4 Å². The van der Waals surface area contributed by atoms with Crippen molar-refractivity contribution in [3.05, 3.63) is 138 Å². The molecule has 0 saturated heterocycles. The predicted octanol–water partition coefficient (Wildman–Crippen LogP) is 4.60. The number of fused-ring (bicyclic) bond motifs is 2. The number of carbonyl (C=O) groups is 1. The SMILES string of the molecule is O=Cc1ccc(-n2c(=O)c3cc4c(=O)n(-c5ccc6ccc7cccc8ccc5c6c78)c(=O)c4cc3c2=O)cc1. The minimum absolute atomic E-state index is 0.0570. The summed E-state index contributed by atoms with van der Waals surface area (Å²) in [6.07, 6.45) is 0.667. The highest BCUT2D eigenvalue weighted by atomic mass is 16.2. The van der Waals surface area contributed by atoms with Gasteiger partial charge >= 0.3 is 0 Å². The summed E-state index contributed by atoms with van der Waals surface area (Å²) >= 11 is 0. The lowest BCUT2D eigenvalue weighted by Gasteiger charge is -2.13. The van der Waals surface area contributed by atoms with Gasteiger partial charge in [-0.2, -0.15) is 0 Å². The van der Waals surface area contributed by atoms with Crippen LogP contribution in [-0.4, -0.2) is 15.4 Å². The Morgan fingerprint density at radius 2 is 0.975 bits per heavy atom. The first-order valence-electron chi connectivity index (χ1n) is 12.6. The summed E-state index contributed by atoms with van der Waals surface area (Å²) in [5, 5.41) is 6.19. The highest BCUT2D eigenvalue weighted by Crippen LogP contribution is 2.36. The molecule has 2 aromatic heterocycles. The van der Waals surface area contributed by atoms with E-state index in [0.717, 1.165) is 41.5 Å². The fourth-order valence-electron chi connectivity index (χ4n) is 6.04. The third-order valence-electron chi connectivity index (χ3n) is 7.93. The fourth-order valence-corrected chi connectivity index (χ4v) is 6.04. The lowest BCUT2D eigenvalue weighted by molar-refractivity contribution is 0.112. The van der Waals surface area contributed by atoms with Gasteiger partial charge in [0.15, 0.2) is 0 Å². The van der Waals surface area contributed by atoms with Crippen molar-refractivity contribution in [2.24, 2.45) is 0 Å². The highest BCUT2D eigenvalue weighted by Gasteiger charge is 2.22. The zero-order valence-electron chi connectivity index (χ0n) is 20.7.